The van der Waals surface area contributed by atoms with Crippen LogP contribution in [0.2, 0.25) is 0 Å². The van der Waals surface area contributed by atoms with Gasteiger partial charge < -0.3 is 10.2 Å². The lowest BCUT2D eigenvalue weighted by atomic mass is 10.0. The highest BCUT2D eigenvalue weighted by atomic mass is 32.1. The maximum absolute atomic E-state index is 12.2. The van der Waals surface area contributed by atoms with E-state index in [2.05, 4.69) is 34.4 Å². The van der Waals surface area contributed by atoms with Crippen molar-refractivity contribution >= 4 is 22.5 Å². The van der Waals surface area contributed by atoms with Crippen molar-refractivity contribution in [1.29, 1.82) is 0 Å². The highest BCUT2D eigenvalue weighted by Crippen LogP contribution is 2.24. The van der Waals surface area contributed by atoms with Crippen LogP contribution in [-0.4, -0.2) is 41.6 Å². The van der Waals surface area contributed by atoms with Gasteiger partial charge in [0.25, 0.3) is 0 Å². The first kappa shape index (κ1) is 17.9. The topological polar surface area (TPSA) is 57.3 Å². The van der Waals surface area contributed by atoms with E-state index in [1.165, 1.54) is 11.3 Å². The summed E-state index contributed by atoms with van der Waals surface area (Å²) in [5, 5.41) is 8.55. The average molecular weight is 359 g/mol. The molecule has 1 fully saturated rings. The van der Waals surface area contributed by atoms with E-state index in [1.54, 1.807) is 0 Å². The van der Waals surface area contributed by atoms with Crippen molar-refractivity contribution in [3.05, 3.63) is 35.7 Å². The highest BCUT2D eigenvalue weighted by Gasteiger charge is 2.21. The van der Waals surface area contributed by atoms with Crippen molar-refractivity contribution < 1.29 is 4.79 Å². The number of urea groups is 1. The lowest BCUT2D eigenvalue weighted by Gasteiger charge is -2.33. The molecule has 1 aromatic carbocycles. The molecule has 5 nitrogen and oxygen atoms in total. The molecule has 0 atom stereocenters. The molecule has 0 aliphatic carbocycles. The fourth-order valence-electron chi connectivity index (χ4n) is 3.17. The van der Waals surface area contributed by atoms with Gasteiger partial charge in [-0.2, -0.15) is 0 Å². The van der Waals surface area contributed by atoms with Crippen molar-refractivity contribution in [2.24, 2.45) is 5.92 Å². The van der Waals surface area contributed by atoms with Crippen molar-refractivity contribution in [2.45, 2.75) is 32.7 Å². The van der Waals surface area contributed by atoms with Gasteiger partial charge in [0.05, 0.1) is 5.69 Å². The second kappa shape index (κ2) is 8.45. The number of aromatic nitrogens is 1. The molecule has 2 amide bonds. The van der Waals surface area contributed by atoms with Crippen LogP contribution in [0.1, 0.15) is 26.7 Å². The minimum Gasteiger partial charge on any atom is -0.335 e. The van der Waals surface area contributed by atoms with Crippen LogP contribution >= 0.6 is 11.3 Å². The van der Waals surface area contributed by atoms with Crippen molar-refractivity contribution in [3.63, 3.8) is 0 Å². The Morgan fingerprint density at radius 3 is 2.68 bits per heavy atom. The van der Waals surface area contributed by atoms with Gasteiger partial charge in [-0.25, -0.2) is 9.78 Å². The second-order valence-electron chi connectivity index (χ2n) is 6.97. The third-order valence-corrected chi connectivity index (χ3v) is 5.10. The van der Waals surface area contributed by atoms with E-state index in [4.69, 9.17) is 0 Å². The summed E-state index contributed by atoms with van der Waals surface area (Å²) in [5.41, 5.74) is 1.95. The Balaban J connectivity index is 1.47. The summed E-state index contributed by atoms with van der Waals surface area (Å²) in [4.78, 5) is 19.2. The van der Waals surface area contributed by atoms with E-state index in [0.717, 1.165) is 43.7 Å². The molecule has 0 spiro atoms. The number of likely N-dealkylation sites (tertiary alicyclic amines) is 1. The third kappa shape index (κ3) is 5.28. The summed E-state index contributed by atoms with van der Waals surface area (Å²) < 4.78 is 0. The van der Waals surface area contributed by atoms with E-state index in [9.17, 15) is 4.79 Å². The molecule has 2 N–H and O–H groups in total. The molecule has 0 bridgehead atoms. The van der Waals surface area contributed by atoms with Gasteiger partial charge in [-0.15, -0.1) is 11.3 Å². The van der Waals surface area contributed by atoms with Crippen LogP contribution in [-0.2, 0) is 0 Å². The summed E-state index contributed by atoms with van der Waals surface area (Å²) >= 11 is 1.45. The largest absolute Gasteiger partial charge is 0.335 e. The molecule has 1 aromatic heterocycles. The first-order chi connectivity index (χ1) is 12.1. The summed E-state index contributed by atoms with van der Waals surface area (Å²) in [6.45, 7) is 7.74. The average Bonchev–Trinajstić information content (AvgIpc) is 3.05. The van der Waals surface area contributed by atoms with Crippen molar-refractivity contribution in [3.8, 4) is 11.3 Å². The minimum absolute atomic E-state index is 0.156. The number of thiazole rings is 1. The Bertz CT molecular complexity index is 678. The Kier molecular flexibility index (Phi) is 6.04. The SMILES string of the molecule is CC(C)CN1CCC(NC(=O)Nc2nc(-c3ccccc3)cs2)CC1. The fourth-order valence-corrected chi connectivity index (χ4v) is 3.88. The molecular weight excluding hydrogens is 332 g/mol. The molecule has 1 aliphatic rings. The Morgan fingerprint density at radius 1 is 1.28 bits per heavy atom. The summed E-state index contributed by atoms with van der Waals surface area (Å²) in [6, 6.07) is 10.1. The van der Waals surface area contributed by atoms with Gasteiger partial charge in [0.1, 0.15) is 0 Å². The van der Waals surface area contributed by atoms with Crippen LogP contribution < -0.4 is 10.6 Å². The summed E-state index contributed by atoms with van der Waals surface area (Å²) in [7, 11) is 0. The van der Waals surface area contributed by atoms with E-state index in [1.807, 2.05) is 35.7 Å². The molecule has 1 saturated heterocycles. The number of amides is 2. The van der Waals surface area contributed by atoms with Gasteiger partial charge in [0.2, 0.25) is 0 Å². The number of piperidine rings is 1. The molecule has 0 radical (unpaired) electrons. The minimum atomic E-state index is -0.156. The molecule has 3 rings (SSSR count). The van der Waals surface area contributed by atoms with Gasteiger partial charge in [-0.3, -0.25) is 5.32 Å². The van der Waals surface area contributed by atoms with E-state index >= 15 is 0 Å². The van der Waals surface area contributed by atoms with Crippen LogP contribution in [0.5, 0.6) is 0 Å². The van der Waals surface area contributed by atoms with Crippen LogP contribution in [0.15, 0.2) is 35.7 Å². The van der Waals surface area contributed by atoms with E-state index < -0.39 is 0 Å². The van der Waals surface area contributed by atoms with Crippen LogP contribution in [0.25, 0.3) is 11.3 Å². The number of hydrogen-bond donors (Lipinski definition) is 2. The monoisotopic (exact) mass is 358 g/mol. The maximum Gasteiger partial charge on any atom is 0.321 e. The number of carbonyl (C=O) groups excluding carboxylic acids is 1. The zero-order chi connectivity index (χ0) is 17.6. The Morgan fingerprint density at radius 2 is 2.00 bits per heavy atom. The summed E-state index contributed by atoms with van der Waals surface area (Å²) in [6.07, 6.45) is 2.01. The number of hydrogen-bond acceptors (Lipinski definition) is 4. The first-order valence-corrected chi connectivity index (χ1v) is 9.79. The van der Waals surface area contributed by atoms with Gasteiger partial charge >= 0.3 is 6.03 Å². The number of benzene rings is 1. The zero-order valence-electron chi connectivity index (χ0n) is 14.9. The summed E-state index contributed by atoms with van der Waals surface area (Å²) in [5.74, 6) is 0.691. The van der Waals surface area contributed by atoms with Gasteiger partial charge in [-0.05, 0) is 18.8 Å². The highest BCUT2D eigenvalue weighted by molar-refractivity contribution is 7.14. The molecule has 2 heterocycles. The number of anilines is 1. The number of nitrogens with zero attached hydrogens (tertiary/aromatic N) is 2. The number of carbonyl (C=O) groups is 1. The predicted octanol–water partition coefficient (Wildman–Crippen LogP) is 4.05. The number of nitrogens with one attached hydrogen (secondary N) is 2. The van der Waals surface area contributed by atoms with E-state index in [-0.39, 0.29) is 12.1 Å². The van der Waals surface area contributed by atoms with Crippen molar-refractivity contribution in [2.75, 3.05) is 25.0 Å². The van der Waals surface area contributed by atoms with Crippen LogP contribution in [0.3, 0.4) is 0 Å². The van der Waals surface area contributed by atoms with E-state index in [0.29, 0.717) is 11.0 Å². The zero-order valence-corrected chi connectivity index (χ0v) is 15.7. The normalized spacial score (nSPS) is 16.1. The first-order valence-electron chi connectivity index (χ1n) is 8.91. The predicted molar refractivity (Wildman–Crippen MR) is 104 cm³/mol. The smallest absolute Gasteiger partial charge is 0.321 e. The van der Waals surface area contributed by atoms with Gasteiger partial charge in [0, 0.05) is 36.6 Å². The Hall–Kier alpha value is -1.92. The standard InChI is InChI=1S/C19H26N4OS/c1-14(2)12-23-10-8-16(9-11-23)20-18(24)22-19-21-17(13-25-19)15-6-4-3-5-7-15/h3-7,13-14,16H,8-12H2,1-2H3,(H2,20,21,22,24). The maximum atomic E-state index is 12.2. The molecule has 134 valence electrons. The van der Waals surface area contributed by atoms with Gasteiger partial charge in [-0.1, -0.05) is 44.2 Å². The van der Waals surface area contributed by atoms with Crippen LogP contribution in [0, 0.1) is 5.92 Å². The van der Waals surface area contributed by atoms with Crippen LogP contribution in [0.4, 0.5) is 9.93 Å². The molecule has 1 aliphatic heterocycles. The lowest BCUT2D eigenvalue weighted by Crippen LogP contribution is -2.46. The third-order valence-electron chi connectivity index (χ3n) is 4.34. The lowest BCUT2D eigenvalue weighted by molar-refractivity contribution is 0.180. The molecular formula is C19H26N4OS. The quantitative estimate of drug-likeness (QED) is 0.848. The molecule has 25 heavy (non-hydrogen) atoms. The second-order valence-corrected chi connectivity index (χ2v) is 7.83. The molecule has 2 aromatic rings. The fraction of sp³-hybridized carbons (Fsp3) is 0.474. The Labute approximate surface area is 153 Å². The van der Waals surface area contributed by atoms with Gasteiger partial charge in [0.15, 0.2) is 5.13 Å². The van der Waals surface area contributed by atoms with Crippen molar-refractivity contribution in [1.82, 2.24) is 15.2 Å². The molecule has 0 unspecified atom stereocenters. The molecule has 0 saturated carbocycles. The number of rotatable bonds is 5. The molecule has 6 heteroatoms.